The Bertz CT molecular complexity index is 3480. The van der Waals surface area contributed by atoms with Crippen molar-refractivity contribution in [2.45, 2.75) is 0 Å². The molecule has 3 aromatic heterocycles. The number of hydrogen-bond acceptors (Lipinski definition) is 2. The molecule has 56 heavy (non-hydrogen) atoms. The fourth-order valence-electron chi connectivity index (χ4n) is 9.06. The minimum Gasteiger partial charge on any atom is -0.454 e. The van der Waals surface area contributed by atoms with Gasteiger partial charge in [0.1, 0.15) is 5.58 Å². The monoisotopic (exact) mass is 715 g/mol. The Morgan fingerprint density at radius 1 is 0.357 bits per heavy atom. The van der Waals surface area contributed by atoms with Crippen LogP contribution in [0, 0.1) is 0 Å². The van der Waals surface area contributed by atoms with Crippen LogP contribution < -0.4 is 4.90 Å². The van der Waals surface area contributed by atoms with Crippen LogP contribution in [-0.2, 0) is 0 Å². The summed E-state index contributed by atoms with van der Waals surface area (Å²) < 4.78 is 11.5. The number of nitrogens with zero attached hydrogens (tertiary/aromatic N) is 3. The second-order valence-electron chi connectivity index (χ2n) is 14.5. The Morgan fingerprint density at radius 2 is 0.946 bits per heavy atom. The van der Waals surface area contributed by atoms with Crippen LogP contribution in [0.15, 0.2) is 205 Å². The van der Waals surface area contributed by atoms with Gasteiger partial charge in [-0.25, -0.2) is 0 Å². The molecule has 0 unspecified atom stereocenters. The summed E-state index contributed by atoms with van der Waals surface area (Å²) in [5, 5.41) is 9.66. The molecule has 0 aliphatic carbocycles. The lowest BCUT2D eigenvalue weighted by Gasteiger charge is -2.26. The number of benzene rings is 9. The summed E-state index contributed by atoms with van der Waals surface area (Å²) in [6, 6.07) is 71.9. The molecular formula is C52H33N3O. The first-order valence-corrected chi connectivity index (χ1v) is 19.1. The molecule has 0 atom stereocenters. The maximum absolute atomic E-state index is 6.69. The Hall–Kier alpha value is -7.56. The highest BCUT2D eigenvalue weighted by Crippen LogP contribution is 2.45. The lowest BCUT2D eigenvalue weighted by atomic mass is 10.0. The topological polar surface area (TPSA) is 26.2 Å². The third-order valence-electron chi connectivity index (χ3n) is 11.5. The molecule has 0 bridgehead atoms. The van der Waals surface area contributed by atoms with E-state index in [0.717, 1.165) is 55.9 Å². The van der Waals surface area contributed by atoms with Crippen molar-refractivity contribution in [1.82, 2.24) is 9.13 Å². The fraction of sp³-hybridized carbons (Fsp3) is 0. The molecule has 262 valence electrons. The number of rotatable bonds is 5. The van der Waals surface area contributed by atoms with Gasteiger partial charge in [0.15, 0.2) is 5.58 Å². The quantitative estimate of drug-likeness (QED) is 0.177. The molecule has 3 heterocycles. The highest BCUT2D eigenvalue weighted by atomic mass is 16.3. The van der Waals surface area contributed by atoms with Crippen LogP contribution in [0.3, 0.4) is 0 Å². The summed E-state index contributed by atoms with van der Waals surface area (Å²) in [7, 11) is 0. The zero-order valence-corrected chi connectivity index (χ0v) is 30.3. The van der Waals surface area contributed by atoms with Crippen LogP contribution in [0.5, 0.6) is 0 Å². The molecule has 0 aliphatic rings. The van der Waals surface area contributed by atoms with Gasteiger partial charge in [-0.15, -0.1) is 0 Å². The van der Waals surface area contributed by atoms with Gasteiger partial charge >= 0.3 is 0 Å². The summed E-state index contributed by atoms with van der Waals surface area (Å²) in [4.78, 5) is 2.35. The molecule has 9 aromatic carbocycles. The van der Waals surface area contributed by atoms with E-state index in [9.17, 15) is 0 Å². The summed E-state index contributed by atoms with van der Waals surface area (Å²) in [6.45, 7) is 0. The fourth-order valence-corrected chi connectivity index (χ4v) is 9.06. The number of para-hydroxylation sites is 5. The number of aromatic nitrogens is 2. The van der Waals surface area contributed by atoms with Crippen molar-refractivity contribution in [2.24, 2.45) is 0 Å². The predicted octanol–water partition coefficient (Wildman–Crippen LogP) is 14.4. The molecule has 0 N–H and O–H groups in total. The largest absolute Gasteiger partial charge is 0.454 e. The molecule has 4 heteroatoms. The predicted molar refractivity (Wildman–Crippen MR) is 235 cm³/mol. The second kappa shape index (κ2) is 12.0. The van der Waals surface area contributed by atoms with Crippen LogP contribution >= 0.6 is 0 Å². The average molecular weight is 716 g/mol. The number of anilines is 3. The number of fused-ring (bicyclic) bond motifs is 11. The molecule has 0 aliphatic heterocycles. The first-order valence-electron chi connectivity index (χ1n) is 19.1. The normalized spacial score (nSPS) is 11.9. The SMILES string of the molecule is c1ccc(-n2c3ccccc3c3cc(N(c4ccc(-n5c6ccccc6c6c7ccccc7ccc65)cc4)c4cccc5c4oc4ccccc45)ccc32)cc1. The number of hydrogen-bond donors (Lipinski definition) is 0. The van der Waals surface area contributed by atoms with Crippen molar-refractivity contribution in [1.29, 1.82) is 0 Å². The third-order valence-corrected chi connectivity index (χ3v) is 11.5. The highest BCUT2D eigenvalue weighted by Gasteiger charge is 2.22. The van der Waals surface area contributed by atoms with Gasteiger partial charge in [0.2, 0.25) is 0 Å². The van der Waals surface area contributed by atoms with Gasteiger partial charge in [-0.3, -0.25) is 0 Å². The maximum atomic E-state index is 6.69. The minimum absolute atomic E-state index is 0.860. The summed E-state index contributed by atoms with van der Waals surface area (Å²) in [6.07, 6.45) is 0. The second-order valence-corrected chi connectivity index (χ2v) is 14.5. The molecule has 0 saturated heterocycles. The van der Waals surface area contributed by atoms with Crippen molar-refractivity contribution in [3.63, 3.8) is 0 Å². The van der Waals surface area contributed by atoms with E-state index in [1.54, 1.807) is 0 Å². The van der Waals surface area contributed by atoms with E-state index in [0.29, 0.717) is 0 Å². The molecule has 0 spiro atoms. The van der Waals surface area contributed by atoms with Gasteiger partial charge in [0.05, 0.1) is 27.8 Å². The standard InChI is InChI=1S/C52H33N3O/c1-2-14-35(15-3-1)54-45-21-9-6-17-40(45)44-33-38(30-32-47(44)54)53(49-23-12-20-42-41-18-8-11-24-50(41)56-52(42)49)36-26-28-37(29-27-36)55-46-22-10-7-19-43(46)51-39-16-5-4-13-34(39)25-31-48(51)55/h1-33H. The molecule has 0 fully saturated rings. The molecule has 0 saturated carbocycles. The van der Waals surface area contributed by atoms with E-state index in [2.05, 4.69) is 208 Å². The van der Waals surface area contributed by atoms with Crippen molar-refractivity contribution >= 4 is 93.4 Å². The van der Waals surface area contributed by atoms with Crippen LogP contribution in [-0.4, -0.2) is 9.13 Å². The number of furan rings is 1. The maximum Gasteiger partial charge on any atom is 0.159 e. The molecule has 0 amide bonds. The summed E-state index contributed by atoms with van der Waals surface area (Å²) in [5.41, 5.74) is 11.8. The van der Waals surface area contributed by atoms with Gasteiger partial charge in [-0.1, -0.05) is 115 Å². The van der Waals surface area contributed by atoms with Crippen LogP contribution in [0.2, 0.25) is 0 Å². The lowest BCUT2D eigenvalue weighted by Crippen LogP contribution is -2.10. The first-order chi connectivity index (χ1) is 27.8. The van der Waals surface area contributed by atoms with Gasteiger partial charge in [-0.05, 0) is 95.7 Å². The summed E-state index contributed by atoms with van der Waals surface area (Å²) >= 11 is 0. The average Bonchev–Trinajstić information content (AvgIpc) is 3.93. The zero-order valence-electron chi connectivity index (χ0n) is 30.3. The van der Waals surface area contributed by atoms with Crippen molar-refractivity contribution in [3.8, 4) is 11.4 Å². The molecular weight excluding hydrogens is 683 g/mol. The Labute approximate surface area is 322 Å². The van der Waals surface area contributed by atoms with Crippen LogP contribution in [0.4, 0.5) is 17.1 Å². The smallest absolute Gasteiger partial charge is 0.159 e. The van der Waals surface area contributed by atoms with E-state index in [-0.39, 0.29) is 0 Å². The Morgan fingerprint density at radius 3 is 1.79 bits per heavy atom. The molecule has 12 aromatic rings. The van der Waals surface area contributed by atoms with Gasteiger partial charge in [0, 0.05) is 55.1 Å². The first kappa shape index (κ1) is 30.9. The van der Waals surface area contributed by atoms with Gasteiger partial charge in [0.25, 0.3) is 0 Å². The molecule has 4 nitrogen and oxygen atoms in total. The van der Waals surface area contributed by atoms with Gasteiger partial charge < -0.3 is 18.5 Å². The molecule has 0 radical (unpaired) electrons. The van der Waals surface area contributed by atoms with E-state index in [1.165, 1.54) is 48.9 Å². The Balaban J connectivity index is 1.09. The highest BCUT2D eigenvalue weighted by molar-refractivity contribution is 6.21. The van der Waals surface area contributed by atoms with Crippen LogP contribution in [0.25, 0.3) is 87.7 Å². The van der Waals surface area contributed by atoms with Gasteiger partial charge in [-0.2, -0.15) is 0 Å². The van der Waals surface area contributed by atoms with E-state index >= 15 is 0 Å². The van der Waals surface area contributed by atoms with Crippen molar-refractivity contribution in [2.75, 3.05) is 4.90 Å². The van der Waals surface area contributed by atoms with Crippen molar-refractivity contribution in [3.05, 3.63) is 200 Å². The molecule has 12 rings (SSSR count). The summed E-state index contributed by atoms with van der Waals surface area (Å²) in [5.74, 6) is 0. The van der Waals surface area contributed by atoms with E-state index in [4.69, 9.17) is 4.42 Å². The van der Waals surface area contributed by atoms with Crippen molar-refractivity contribution < 1.29 is 4.42 Å². The van der Waals surface area contributed by atoms with Crippen LogP contribution in [0.1, 0.15) is 0 Å². The minimum atomic E-state index is 0.860. The Kier molecular flexibility index (Phi) is 6.60. The van der Waals surface area contributed by atoms with E-state index in [1.807, 2.05) is 6.07 Å². The zero-order chi connectivity index (χ0) is 36.7. The third kappa shape index (κ3) is 4.47. The lowest BCUT2D eigenvalue weighted by molar-refractivity contribution is 0.669. The van der Waals surface area contributed by atoms with E-state index < -0.39 is 0 Å².